The molecule has 0 fully saturated rings. The van der Waals surface area contributed by atoms with Gasteiger partial charge in [0.2, 0.25) is 0 Å². The molecule has 1 aromatic carbocycles. The van der Waals surface area contributed by atoms with Crippen molar-refractivity contribution in [1.82, 2.24) is 15.0 Å². The van der Waals surface area contributed by atoms with Crippen LogP contribution in [0.5, 0.6) is 0 Å². The minimum atomic E-state index is 0.288. The Labute approximate surface area is 121 Å². The Kier molecular flexibility index (Phi) is 3.11. The highest BCUT2D eigenvalue weighted by molar-refractivity contribution is 7.13. The van der Waals surface area contributed by atoms with E-state index >= 15 is 0 Å². The summed E-state index contributed by atoms with van der Waals surface area (Å²) in [5, 5.41) is 1.83. The van der Waals surface area contributed by atoms with Crippen LogP contribution in [-0.4, -0.2) is 15.0 Å². The number of nitrogens with zero attached hydrogens (tertiary/aromatic N) is 3. The van der Waals surface area contributed by atoms with Crippen LogP contribution in [0.2, 0.25) is 15.2 Å². The molecule has 7 heteroatoms. The molecular weight excluding hydrogens is 313 g/mol. The van der Waals surface area contributed by atoms with E-state index in [-0.39, 0.29) is 5.15 Å². The molecule has 0 N–H and O–H groups in total. The van der Waals surface area contributed by atoms with Crippen molar-refractivity contribution in [3.8, 4) is 10.7 Å². The number of rotatable bonds is 1. The van der Waals surface area contributed by atoms with E-state index in [4.69, 9.17) is 34.8 Å². The van der Waals surface area contributed by atoms with Crippen molar-refractivity contribution in [2.45, 2.75) is 0 Å². The van der Waals surface area contributed by atoms with Crippen LogP contribution in [0.15, 0.2) is 23.8 Å². The zero-order valence-electron chi connectivity index (χ0n) is 8.69. The van der Waals surface area contributed by atoms with Gasteiger partial charge in [0.05, 0.1) is 31.3 Å². The Morgan fingerprint density at radius 2 is 1.78 bits per heavy atom. The normalized spacial score (nSPS) is 11.1. The molecule has 0 aliphatic carbocycles. The molecule has 0 saturated heterocycles. The van der Waals surface area contributed by atoms with Crippen LogP contribution in [0.3, 0.4) is 0 Å². The molecule has 0 radical (unpaired) electrons. The van der Waals surface area contributed by atoms with Crippen molar-refractivity contribution < 1.29 is 0 Å². The first kappa shape index (κ1) is 12.1. The van der Waals surface area contributed by atoms with Gasteiger partial charge in [0.25, 0.3) is 0 Å². The summed E-state index contributed by atoms with van der Waals surface area (Å²) < 4.78 is 0. The highest BCUT2D eigenvalue weighted by Crippen LogP contribution is 2.34. The number of hydrogen-bond acceptors (Lipinski definition) is 4. The maximum atomic E-state index is 6.15. The topological polar surface area (TPSA) is 38.7 Å². The van der Waals surface area contributed by atoms with Crippen molar-refractivity contribution in [1.29, 1.82) is 0 Å². The lowest BCUT2D eigenvalue weighted by Gasteiger charge is -2.05. The van der Waals surface area contributed by atoms with Crippen molar-refractivity contribution in [2.24, 2.45) is 0 Å². The third-order valence-corrected chi connectivity index (χ3v) is 4.02. The van der Waals surface area contributed by atoms with Crippen LogP contribution < -0.4 is 0 Å². The Hall–Kier alpha value is -0.940. The van der Waals surface area contributed by atoms with E-state index in [1.165, 1.54) is 11.3 Å². The minimum absolute atomic E-state index is 0.288. The number of aromatic nitrogens is 3. The molecule has 0 aliphatic rings. The largest absolute Gasteiger partial charge is 0.252 e. The Morgan fingerprint density at radius 3 is 2.50 bits per heavy atom. The average Bonchev–Trinajstić information content (AvgIpc) is 2.87. The van der Waals surface area contributed by atoms with Crippen molar-refractivity contribution in [3.63, 3.8) is 0 Å². The van der Waals surface area contributed by atoms with Gasteiger partial charge in [0, 0.05) is 6.20 Å². The zero-order chi connectivity index (χ0) is 12.7. The van der Waals surface area contributed by atoms with E-state index in [2.05, 4.69) is 15.0 Å². The number of halogens is 3. The monoisotopic (exact) mass is 315 g/mol. The lowest BCUT2D eigenvalue weighted by atomic mass is 10.2. The van der Waals surface area contributed by atoms with E-state index in [9.17, 15) is 0 Å². The molecule has 18 heavy (non-hydrogen) atoms. The molecule has 2 aromatic heterocycles. The minimum Gasteiger partial charge on any atom is -0.252 e. The predicted octanol–water partition coefficient (Wildman–Crippen LogP) is 4.71. The van der Waals surface area contributed by atoms with Crippen LogP contribution in [-0.2, 0) is 0 Å². The summed E-state index contributed by atoms with van der Waals surface area (Å²) in [5.41, 5.74) is 2.25. The second-order valence-electron chi connectivity index (χ2n) is 3.46. The molecule has 3 rings (SSSR count). The Balaban J connectivity index is 2.37. The van der Waals surface area contributed by atoms with Gasteiger partial charge in [-0.25, -0.2) is 9.97 Å². The van der Waals surface area contributed by atoms with Crippen molar-refractivity contribution in [2.75, 3.05) is 0 Å². The summed E-state index contributed by atoms with van der Waals surface area (Å²) >= 11 is 19.8. The summed E-state index contributed by atoms with van der Waals surface area (Å²) in [7, 11) is 0. The van der Waals surface area contributed by atoms with Gasteiger partial charge in [0.1, 0.15) is 5.15 Å². The lowest BCUT2D eigenvalue weighted by molar-refractivity contribution is 1.23. The van der Waals surface area contributed by atoms with Gasteiger partial charge in [0.15, 0.2) is 5.82 Å². The molecule has 0 atom stereocenters. The van der Waals surface area contributed by atoms with Crippen LogP contribution in [0, 0.1) is 0 Å². The SMILES string of the molecule is Clc1ccc(Cl)c2c(Cl)nc(-c3cncs3)nc12. The standard InChI is InChI=1S/C11H4Cl3N3S/c12-5-1-2-6(13)9-8(5)10(14)17-11(16-9)7-3-15-4-18-7/h1-4H. The van der Waals surface area contributed by atoms with E-state index < -0.39 is 0 Å². The maximum Gasteiger partial charge on any atom is 0.173 e. The fourth-order valence-corrected chi connectivity index (χ4v) is 2.88. The second kappa shape index (κ2) is 4.63. The van der Waals surface area contributed by atoms with Crippen LogP contribution >= 0.6 is 46.1 Å². The number of benzene rings is 1. The highest BCUT2D eigenvalue weighted by Gasteiger charge is 2.14. The third kappa shape index (κ3) is 1.95. The summed E-state index contributed by atoms with van der Waals surface area (Å²) in [6.07, 6.45) is 1.68. The quantitative estimate of drug-likeness (QED) is 0.610. The van der Waals surface area contributed by atoms with Crippen molar-refractivity contribution >= 4 is 57.0 Å². The van der Waals surface area contributed by atoms with E-state index in [1.54, 1.807) is 23.8 Å². The van der Waals surface area contributed by atoms with Gasteiger partial charge in [-0.3, -0.25) is 4.98 Å². The fraction of sp³-hybridized carbons (Fsp3) is 0. The fourth-order valence-electron chi connectivity index (χ4n) is 1.56. The summed E-state index contributed by atoms with van der Waals surface area (Å²) in [4.78, 5) is 13.4. The van der Waals surface area contributed by atoms with Crippen LogP contribution in [0.4, 0.5) is 0 Å². The summed E-state index contributed by atoms with van der Waals surface area (Å²) in [6.45, 7) is 0. The van der Waals surface area contributed by atoms with Gasteiger partial charge < -0.3 is 0 Å². The van der Waals surface area contributed by atoms with Crippen LogP contribution in [0.1, 0.15) is 0 Å². The average molecular weight is 317 g/mol. The first-order valence-electron chi connectivity index (χ1n) is 4.87. The first-order chi connectivity index (χ1) is 8.66. The van der Waals surface area contributed by atoms with Gasteiger partial charge in [-0.1, -0.05) is 34.8 Å². The molecule has 0 amide bonds. The number of thiazole rings is 1. The molecule has 0 saturated carbocycles. The second-order valence-corrected chi connectivity index (χ2v) is 5.52. The lowest BCUT2D eigenvalue weighted by Crippen LogP contribution is -1.91. The zero-order valence-corrected chi connectivity index (χ0v) is 11.8. The molecule has 2 heterocycles. The third-order valence-electron chi connectivity index (χ3n) is 2.36. The van der Waals surface area contributed by atoms with Gasteiger partial charge in [-0.05, 0) is 12.1 Å². The summed E-state index contributed by atoms with van der Waals surface area (Å²) in [6, 6.07) is 3.36. The molecule has 0 spiro atoms. The predicted molar refractivity (Wildman–Crippen MR) is 75.7 cm³/mol. The summed E-state index contributed by atoms with van der Waals surface area (Å²) in [5.74, 6) is 0.499. The maximum absolute atomic E-state index is 6.15. The van der Waals surface area contributed by atoms with E-state index in [0.717, 1.165) is 4.88 Å². The molecule has 3 nitrogen and oxygen atoms in total. The molecule has 90 valence electrons. The van der Waals surface area contributed by atoms with E-state index in [0.29, 0.717) is 26.8 Å². The Bertz CT molecular complexity index is 728. The first-order valence-corrected chi connectivity index (χ1v) is 6.88. The van der Waals surface area contributed by atoms with Gasteiger partial charge in [-0.15, -0.1) is 11.3 Å². The van der Waals surface area contributed by atoms with Crippen molar-refractivity contribution in [3.05, 3.63) is 39.0 Å². The Morgan fingerprint density at radius 1 is 1.00 bits per heavy atom. The smallest absolute Gasteiger partial charge is 0.173 e. The number of hydrogen-bond donors (Lipinski definition) is 0. The molecule has 0 aliphatic heterocycles. The van der Waals surface area contributed by atoms with E-state index in [1.807, 2.05) is 0 Å². The van der Waals surface area contributed by atoms with Crippen LogP contribution in [0.25, 0.3) is 21.6 Å². The van der Waals surface area contributed by atoms with Gasteiger partial charge in [-0.2, -0.15) is 0 Å². The highest BCUT2D eigenvalue weighted by atomic mass is 35.5. The van der Waals surface area contributed by atoms with Gasteiger partial charge >= 0.3 is 0 Å². The molecule has 0 bridgehead atoms. The molecule has 3 aromatic rings. The number of fused-ring (bicyclic) bond motifs is 1. The molecule has 0 unspecified atom stereocenters. The molecular formula is C11H4Cl3N3S.